The summed E-state index contributed by atoms with van der Waals surface area (Å²) in [6.45, 7) is 11.1. The minimum Gasteiger partial charge on any atom is -0.438 e. The van der Waals surface area contributed by atoms with Gasteiger partial charge >= 0.3 is 0 Å². The molecule has 3 aromatic heterocycles. The third-order valence-corrected chi connectivity index (χ3v) is 8.30. The van der Waals surface area contributed by atoms with Crippen LogP contribution in [0.15, 0.2) is 72.2 Å². The molecule has 0 unspecified atom stereocenters. The van der Waals surface area contributed by atoms with E-state index in [1.807, 2.05) is 67.6 Å². The minimum absolute atomic E-state index is 0.475. The van der Waals surface area contributed by atoms with Gasteiger partial charge in [-0.05, 0) is 31.5 Å². The number of morpholine rings is 1. The second-order valence-electron chi connectivity index (χ2n) is 9.71. The SMILES string of the molecule is C=C1OC(c2ccccc2)=Nc2nc(-c3sc4nc(-c5ccccc5)nc(N5CCOCC5)c4c3C)nc(C)c21. The molecule has 8 nitrogen and oxygen atoms in total. The summed E-state index contributed by atoms with van der Waals surface area (Å²) in [4.78, 5) is 28.8. The van der Waals surface area contributed by atoms with E-state index in [-0.39, 0.29) is 0 Å². The molecule has 40 heavy (non-hydrogen) atoms. The average molecular weight is 547 g/mol. The Morgan fingerprint density at radius 2 is 1.52 bits per heavy atom. The van der Waals surface area contributed by atoms with Gasteiger partial charge in [0.15, 0.2) is 17.5 Å². The molecule has 5 aromatic rings. The fraction of sp³-hybridized carbons (Fsp3) is 0.194. The number of aliphatic imine (C=N–C) groups is 1. The predicted molar refractivity (Wildman–Crippen MR) is 159 cm³/mol. The van der Waals surface area contributed by atoms with Gasteiger partial charge in [0.1, 0.15) is 16.4 Å². The number of aromatic nitrogens is 4. The number of hydrogen-bond donors (Lipinski definition) is 0. The summed E-state index contributed by atoms with van der Waals surface area (Å²) in [5, 5.41) is 1.03. The number of rotatable bonds is 4. The molecule has 9 heteroatoms. The number of fused-ring (bicyclic) bond motifs is 2. The first-order valence-electron chi connectivity index (χ1n) is 13.2. The highest BCUT2D eigenvalue weighted by molar-refractivity contribution is 7.22. The van der Waals surface area contributed by atoms with E-state index in [2.05, 4.69) is 18.4 Å². The topological polar surface area (TPSA) is 85.6 Å². The van der Waals surface area contributed by atoms with Crippen LogP contribution in [0.2, 0.25) is 0 Å². The monoisotopic (exact) mass is 546 g/mol. The van der Waals surface area contributed by atoms with Crippen LogP contribution in [0.4, 0.5) is 11.6 Å². The van der Waals surface area contributed by atoms with Gasteiger partial charge in [0.25, 0.3) is 0 Å². The molecular weight excluding hydrogens is 520 g/mol. The average Bonchev–Trinajstić information content (AvgIpc) is 3.33. The molecule has 0 spiro atoms. The Morgan fingerprint density at radius 1 is 0.825 bits per heavy atom. The highest BCUT2D eigenvalue weighted by Crippen LogP contribution is 2.43. The second kappa shape index (κ2) is 9.93. The summed E-state index contributed by atoms with van der Waals surface area (Å²) in [5.41, 5.74) is 4.39. The molecule has 2 aliphatic heterocycles. The van der Waals surface area contributed by atoms with Gasteiger partial charge < -0.3 is 14.4 Å². The molecule has 0 saturated carbocycles. The molecule has 0 aliphatic carbocycles. The van der Waals surface area contributed by atoms with Crippen molar-refractivity contribution in [2.24, 2.45) is 4.99 Å². The van der Waals surface area contributed by atoms with Crippen molar-refractivity contribution in [3.05, 3.63) is 89.6 Å². The zero-order valence-corrected chi connectivity index (χ0v) is 23.0. The maximum absolute atomic E-state index is 5.98. The van der Waals surface area contributed by atoms with E-state index >= 15 is 0 Å². The first-order chi connectivity index (χ1) is 19.6. The number of hydrogen-bond acceptors (Lipinski definition) is 9. The van der Waals surface area contributed by atoms with E-state index in [1.165, 1.54) is 0 Å². The number of anilines is 1. The van der Waals surface area contributed by atoms with E-state index < -0.39 is 0 Å². The molecule has 7 rings (SSSR count). The van der Waals surface area contributed by atoms with Crippen LogP contribution in [0.25, 0.3) is 38.1 Å². The molecule has 0 radical (unpaired) electrons. The van der Waals surface area contributed by atoms with Gasteiger partial charge in [-0.3, -0.25) is 0 Å². The van der Waals surface area contributed by atoms with Crippen molar-refractivity contribution in [1.82, 2.24) is 19.9 Å². The van der Waals surface area contributed by atoms with Crippen molar-refractivity contribution < 1.29 is 9.47 Å². The molecule has 1 saturated heterocycles. The molecule has 198 valence electrons. The molecule has 1 fully saturated rings. The van der Waals surface area contributed by atoms with Crippen LogP contribution in [0.5, 0.6) is 0 Å². The third-order valence-electron chi connectivity index (χ3n) is 7.11. The Morgan fingerprint density at radius 3 is 2.25 bits per heavy atom. The highest BCUT2D eigenvalue weighted by atomic mass is 32.1. The van der Waals surface area contributed by atoms with E-state index in [1.54, 1.807) is 11.3 Å². The van der Waals surface area contributed by atoms with Crippen LogP contribution in [0.3, 0.4) is 0 Å². The zero-order valence-electron chi connectivity index (χ0n) is 22.2. The van der Waals surface area contributed by atoms with Crippen molar-refractivity contribution >= 4 is 44.8 Å². The standard InChI is InChI=1S/C31H26N6O2S/c1-18-23-29(37-14-16-38-17-15-37)34-26(21-10-6-4-7-11-21)36-31(23)40-25(18)28-32-19(2)24-20(3)39-30(35-27(24)33-28)22-12-8-5-9-13-22/h4-13H,3,14-17H2,1-2H3. The van der Waals surface area contributed by atoms with Gasteiger partial charge in [-0.2, -0.15) is 4.99 Å². The smallest absolute Gasteiger partial charge is 0.228 e. The lowest BCUT2D eigenvalue weighted by molar-refractivity contribution is 0.122. The van der Waals surface area contributed by atoms with Gasteiger partial charge in [0, 0.05) is 24.2 Å². The number of aryl methyl sites for hydroxylation is 2. The maximum atomic E-state index is 5.98. The Bertz CT molecular complexity index is 1790. The van der Waals surface area contributed by atoms with Crippen LogP contribution >= 0.6 is 11.3 Å². The molecule has 2 aromatic carbocycles. The Hall–Kier alpha value is -4.47. The summed E-state index contributed by atoms with van der Waals surface area (Å²) in [5.74, 6) is 3.76. The molecule has 0 amide bonds. The quantitative estimate of drug-likeness (QED) is 0.260. The molecule has 5 heterocycles. The van der Waals surface area contributed by atoms with Crippen LogP contribution in [-0.2, 0) is 9.47 Å². The summed E-state index contributed by atoms with van der Waals surface area (Å²) >= 11 is 1.59. The summed E-state index contributed by atoms with van der Waals surface area (Å²) < 4.78 is 11.6. The molecule has 0 bridgehead atoms. The van der Waals surface area contributed by atoms with Crippen LogP contribution in [0, 0.1) is 13.8 Å². The van der Waals surface area contributed by atoms with Crippen molar-refractivity contribution in [1.29, 1.82) is 0 Å². The van der Waals surface area contributed by atoms with Gasteiger partial charge in [-0.1, -0.05) is 55.1 Å². The maximum Gasteiger partial charge on any atom is 0.228 e. The van der Waals surface area contributed by atoms with Crippen LogP contribution in [0.1, 0.15) is 22.4 Å². The fourth-order valence-electron chi connectivity index (χ4n) is 5.11. The van der Waals surface area contributed by atoms with E-state index in [0.717, 1.165) is 61.9 Å². The lowest BCUT2D eigenvalue weighted by Gasteiger charge is -2.28. The number of ether oxygens (including phenoxy) is 2. The second-order valence-corrected chi connectivity index (χ2v) is 10.7. The van der Waals surface area contributed by atoms with E-state index in [9.17, 15) is 0 Å². The number of thiophene rings is 1. The van der Waals surface area contributed by atoms with Gasteiger partial charge in [0.2, 0.25) is 5.90 Å². The Balaban J connectivity index is 1.40. The zero-order chi connectivity index (χ0) is 27.2. The number of nitrogens with zero attached hydrogens (tertiary/aromatic N) is 6. The van der Waals surface area contributed by atoms with Gasteiger partial charge in [-0.15, -0.1) is 11.3 Å². The normalized spacial score (nSPS) is 15.1. The molecular formula is C31H26N6O2S. The number of benzene rings is 2. The minimum atomic E-state index is 0.475. The predicted octanol–water partition coefficient (Wildman–Crippen LogP) is 6.35. The first kappa shape index (κ1) is 24.6. The largest absolute Gasteiger partial charge is 0.438 e. The molecule has 0 N–H and O–H groups in total. The Kier molecular flexibility index (Phi) is 6.10. The fourth-order valence-corrected chi connectivity index (χ4v) is 6.22. The third kappa shape index (κ3) is 4.24. The highest BCUT2D eigenvalue weighted by Gasteiger charge is 2.27. The molecule has 0 atom stereocenters. The molecule has 2 aliphatic rings. The lowest BCUT2D eigenvalue weighted by atomic mass is 10.1. The van der Waals surface area contributed by atoms with E-state index in [0.29, 0.717) is 42.3 Å². The first-order valence-corrected chi connectivity index (χ1v) is 14.0. The van der Waals surface area contributed by atoms with E-state index in [4.69, 9.17) is 34.4 Å². The van der Waals surface area contributed by atoms with Crippen molar-refractivity contribution in [2.45, 2.75) is 13.8 Å². The van der Waals surface area contributed by atoms with Crippen molar-refractivity contribution in [2.75, 3.05) is 31.2 Å². The van der Waals surface area contributed by atoms with Crippen molar-refractivity contribution in [3.63, 3.8) is 0 Å². The van der Waals surface area contributed by atoms with Gasteiger partial charge in [-0.25, -0.2) is 19.9 Å². The lowest BCUT2D eigenvalue weighted by Crippen LogP contribution is -2.37. The van der Waals surface area contributed by atoms with Crippen LogP contribution in [-0.4, -0.2) is 52.1 Å². The summed E-state index contributed by atoms with van der Waals surface area (Å²) in [6.07, 6.45) is 0. The van der Waals surface area contributed by atoms with Crippen molar-refractivity contribution in [3.8, 4) is 22.1 Å². The van der Waals surface area contributed by atoms with Crippen LogP contribution < -0.4 is 4.90 Å². The van der Waals surface area contributed by atoms with Gasteiger partial charge in [0.05, 0.1) is 34.7 Å². The Labute approximate surface area is 235 Å². The summed E-state index contributed by atoms with van der Waals surface area (Å²) in [6, 6.07) is 19.9. The summed E-state index contributed by atoms with van der Waals surface area (Å²) in [7, 11) is 0.